The first kappa shape index (κ1) is 32.7. The number of aromatic nitrogens is 1. The maximum absolute atomic E-state index is 14.4. The van der Waals surface area contributed by atoms with Crippen molar-refractivity contribution >= 4 is 45.1 Å². The Balaban J connectivity index is 1.78. The SMILES string of the molecule is CCCCCCNC(=O)CC(C(=O)NCCCCCC)C(Sc1nc2ccccc2s1)(c1ccccc1)c1ccccc1. The minimum Gasteiger partial charge on any atom is -0.356 e. The van der Waals surface area contributed by atoms with E-state index in [0.717, 1.165) is 77.0 Å². The monoisotopic (exact) mass is 615 g/mol. The molecule has 1 heterocycles. The van der Waals surface area contributed by atoms with Crippen molar-refractivity contribution in [1.29, 1.82) is 0 Å². The van der Waals surface area contributed by atoms with Crippen molar-refractivity contribution in [1.82, 2.24) is 15.6 Å². The van der Waals surface area contributed by atoms with Crippen LogP contribution in [-0.2, 0) is 14.3 Å². The Kier molecular flexibility index (Phi) is 13.1. The summed E-state index contributed by atoms with van der Waals surface area (Å²) in [5.41, 5.74) is 2.89. The lowest BCUT2D eigenvalue weighted by Crippen LogP contribution is -2.46. The first-order valence-electron chi connectivity index (χ1n) is 15.8. The van der Waals surface area contributed by atoms with Gasteiger partial charge in [-0.05, 0) is 36.1 Å². The van der Waals surface area contributed by atoms with E-state index in [2.05, 4.69) is 54.8 Å². The number of nitrogens with zero attached hydrogens (tertiary/aromatic N) is 1. The number of rotatable bonds is 18. The number of thioether (sulfide) groups is 1. The Morgan fingerprint density at radius 2 is 1.30 bits per heavy atom. The molecule has 0 aliphatic heterocycles. The molecule has 43 heavy (non-hydrogen) atoms. The van der Waals surface area contributed by atoms with Gasteiger partial charge in [0.05, 0.1) is 20.9 Å². The highest BCUT2D eigenvalue weighted by Gasteiger charge is 2.48. The lowest BCUT2D eigenvalue weighted by molar-refractivity contribution is -0.131. The summed E-state index contributed by atoms with van der Waals surface area (Å²) in [7, 11) is 0. The van der Waals surface area contributed by atoms with E-state index in [1.54, 1.807) is 23.1 Å². The Hall–Kier alpha value is -3.16. The number of benzene rings is 3. The van der Waals surface area contributed by atoms with Gasteiger partial charge < -0.3 is 10.6 Å². The molecule has 1 aromatic heterocycles. The summed E-state index contributed by atoms with van der Waals surface area (Å²) in [4.78, 5) is 32.9. The fourth-order valence-corrected chi connectivity index (χ4v) is 8.29. The lowest BCUT2D eigenvalue weighted by atomic mass is 9.77. The normalized spacial score (nSPS) is 12.2. The van der Waals surface area contributed by atoms with Gasteiger partial charge in [0, 0.05) is 19.5 Å². The molecule has 4 aromatic rings. The second-order valence-corrected chi connectivity index (χ2v) is 13.6. The third kappa shape index (κ3) is 8.93. The summed E-state index contributed by atoms with van der Waals surface area (Å²) < 4.78 is 1.08. The largest absolute Gasteiger partial charge is 0.356 e. The van der Waals surface area contributed by atoms with Crippen LogP contribution in [0.25, 0.3) is 10.2 Å². The highest BCUT2D eigenvalue weighted by atomic mass is 32.2. The predicted molar refractivity (Wildman–Crippen MR) is 182 cm³/mol. The lowest BCUT2D eigenvalue weighted by Gasteiger charge is -2.40. The number of nitrogens with one attached hydrogen (secondary N) is 2. The van der Waals surface area contributed by atoms with Crippen molar-refractivity contribution in [3.63, 3.8) is 0 Å². The van der Waals surface area contributed by atoms with Gasteiger partial charge in [0.1, 0.15) is 0 Å². The van der Waals surface area contributed by atoms with Crippen molar-refractivity contribution in [3.05, 3.63) is 96.1 Å². The van der Waals surface area contributed by atoms with Crippen LogP contribution in [0.1, 0.15) is 82.8 Å². The molecule has 228 valence electrons. The van der Waals surface area contributed by atoms with E-state index in [-0.39, 0.29) is 18.2 Å². The highest BCUT2D eigenvalue weighted by Crippen LogP contribution is 2.54. The summed E-state index contributed by atoms with van der Waals surface area (Å²) in [5, 5.41) is 6.37. The van der Waals surface area contributed by atoms with Crippen molar-refractivity contribution in [2.45, 2.75) is 80.7 Å². The van der Waals surface area contributed by atoms with Crippen LogP contribution in [0.2, 0.25) is 0 Å². The molecule has 2 N–H and O–H groups in total. The zero-order valence-corrected chi connectivity index (χ0v) is 27.2. The summed E-state index contributed by atoms with van der Waals surface area (Å²) >= 11 is 3.22. The van der Waals surface area contributed by atoms with E-state index in [1.807, 2.05) is 54.6 Å². The first-order chi connectivity index (χ1) is 21.1. The molecule has 3 aromatic carbocycles. The minimum atomic E-state index is -0.885. The summed E-state index contributed by atoms with van der Waals surface area (Å²) in [6, 6.07) is 28.5. The molecule has 5 nitrogen and oxygen atoms in total. The molecule has 0 saturated carbocycles. The van der Waals surface area contributed by atoms with E-state index in [0.29, 0.717) is 13.1 Å². The Bertz CT molecular complexity index is 1340. The number of para-hydroxylation sites is 1. The number of amides is 2. The number of carbonyl (C=O) groups is 2. The van der Waals surface area contributed by atoms with Gasteiger partial charge in [-0.15, -0.1) is 11.3 Å². The standard InChI is InChI=1S/C36H45N3O2S2/c1-3-5-7-17-25-37-33(40)27-30(34(41)38-26-18-8-6-4-2)36(28-19-11-9-12-20-28,29-21-13-10-14-22-29)43-35-39-31-23-15-16-24-32(31)42-35/h9-16,19-24,30H,3-8,17-18,25-27H2,1-2H3,(H,37,40)(H,38,41). The molecule has 0 aliphatic carbocycles. The fourth-order valence-electron chi connectivity index (χ4n) is 5.51. The van der Waals surface area contributed by atoms with Crippen LogP contribution < -0.4 is 10.6 Å². The second-order valence-electron chi connectivity index (χ2n) is 11.0. The summed E-state index contributed by atoms with van der Waals surface area (Å²) in [5.74, 6) is -0.862. The zero-order valence-electron chi connectivity index (χ0n) is 25.5. The quantitative estimate of drug-likeness (QED) is 0.0867. The third-order valence-electron chi connectivity index (χ3n) is 7.81. The Morgan fingerprint density at radius 3 is 1.88 bits per heavy atom. The molecule has 0 bridgehead atoms. The Labute approximate surface area is 265 Å². The number of carbonyl (C=O) groups excluding carboxylic acids is 2. The zero-order chi connectivity index (χ0) is 30.3. The average Bonchev–Trinajstić information content (AvgIpc) is 3.45. The molecule has 0 aliphatic rings. The van der Waals surface area contributed by atoms with E-state index in [1.165, 1.54) is 0 Å². The van der Waals surface area contributed by atoms with E-state index in [9.17, 15) is 9.59 Å². The van der Waals surface area contributed by atoms with Crippen molar-refractivity contribution in [3.8, 4) is 0 Å². The molecule has 0 saturated heterocycles. The van der Waals surface area contributed by atoms with Crippen LogP contribution >= 0.6 is 23.1 Å². The molecular weight excluding hydrogens is 571 g/mol. The van der Waals surface area contributed by atoms with Gasteiger partial charge in [0.25, 0.3) is 0 Å². The average molecular weight is 616 g/mol. The van der Waals surface area contributed by atoms with Gasteiger partial charge in [0.2, 0.25) is 11.8 Å². The molecule has 4 rings (SSSR count). The van der Waals surface area contributed by atoms with Gasteiger partial charge >= 0.3 is 0 Å². The van der Waals surface area contributed by atoms with Gasteiger partial charge in [-0.25, -0.2) is 4.98 Å². The van der Waals surface area contributed by atoms with Crippen LogP contribution in [0.4, 0.5) is 0 Å². The fraction of sp³-hybridized carbons (Fsp3) is 0.417. The van der Waals surface area contributed by atoms with Crippen molar-refractivity contribution in [2.75, 3.05) is 13.1 Å². The number of fused-ring (bicyclic) bond motifs is 1. The highest BCUT2D eigenvalue weighted by molar-refractivity contribution is 8.02. The number of unbranched alkanes of at least 4 members (excludes halogenated alkanes) is 6. The molecule has 1 unspecified atom stereocenters. The smallest absolute Gasteiger partial charge is 0.225 e. The van der Waals surface area contributed by atoms with Crippen molar-refractivity contribution in [2.24, 2.45) is 5.92 Å². The molecule has 0 fully saturated rings. The van der Waals surface area contributed by atoms with Gasteiger partial charge in [0.15, 0.2) is 4.34 Å². The van der Waals surface area contributed by atoms with E-state index in [4.69, 9.17) is 4.98 Å². The van der Waals surface area contributed by atoms with E-state index < -0.39 is 10.7 Å². The van der Waals surface area contributed by atoms with Crippen LogP contribution in [0.5, 0.6) is 0 Å². The molecule has 2 amide bonds. The molecule has 0 radical (unpaired) electrons. The van der Waals surface area contributed by atoms with Crippen LogP contribution in [0.15, 0.2) is 89.3 Å². The molecule has 7 heteroatoms. The number of hydrogen-bond acceptors (Lipinski definition) is 5. The maximum atomic E-state index is 14.4. The third-order valence-corrected chi connectivity index (χ3v) is 10.5. The van der Waals surface area contributed by atoms with Crippen LogP contribution in [0, 0.1) is 5.92 Å². The molecule has 1 atom stereocenters. The maximum Gasteiger partial charge on any atom is 0.225 e. The number of thiazole rings is 1. The van der Waals surface area contributed by atoms with Gasteiger partial charge in [-0.2, -0.15) is 0 Å². The van der Waals surface area contributed by atoms with Crippen molar-refractivity contribution < 1.29 is 9.59 Å². The number of hydrogen-bond donors (Lipinski definition) is 2. The van der Waals surface area contributed by atoms with Crippen LogP contribution in [0.3, 0.4) is 0 Å². The first-order valence-corrected chi connectivity index (χ1v) is 17.4. The second kappa shape index (κ2) is 17.2. The molecule has 0 spiro atoms. The summed E-state index contributed by atoms with van der Waals surface area (Å²) in [6.07, 6.45) is 8.69. The van der Waals surface area contributed by atoms with Gasteiger partial charge in [-0.1, -0.05) is 137 Å². The topological polar surface area (TPSA) is 71.1 Å². The molecular formula is C36H45N3O2S2. The Morgan fingerprint density at radius 1 is 0.744 bits per heavy atom. The van der Waals surface area contributed by atoms with E-state index >= 15 is 0 Å². The van der Waals surface area contributed by atoms with Gasteiger partial charge in [-0.3, -0.25) is 9.59 Å². The predicted octanol–water partition coefficient (Wildman–Crippen LogP) is 8.73. The van der Waals surface area contributed by atoms with Crippen LogP contribution in [-0.4, -0.2) is 29.9 Å². The minimum absolute atomic E-state index is 0.0796. The summed E-state index contributed by atoms with van der Waals surface area (Å²) in [6.45, 7) is 5.58.